The number of benzene rings is 1. The highest BCUT2D eigenvalue weighted by molar-refractivity contribution is 14.0. The molecule has 2 rings (SSSR count). The number of piperidine rings is 1. The molecule has 0 aromatic heterocycles. The van der Waals surface area contributed by atoms with E-state index in [9.17, 15) is 9.90 Å². The number of nitrogens with one attached hydrogen (secondary N) is 2. The average Bonchev–Trinajstić information content (AvgIpc) is 2.67. The number of likely N-dealkylation sites (tertiary alicyclic amines) is 1. The third-order valence-electron chi connectivity index (χ3n) is 4.70. The molecule has 1 aromatic rings. The van der Waals surface area contributed by atoms with Crippen molar-refractivity contribution in [2.45, 2.75) is 46.2 Å². The van der Waals surface area contributed by atoms with Crippen LogP contribution in [0.3, 0.4) is 0 Å². The van der Waals surface area contributed by atoms with Crippen molar-refractivity contribution in [3.8, 4) is 11.5 Å². The molecule has 7 nitrogen and oxygen atoms in total. The second-order valence-electron chi connectivity index (χ2n) is 7.06. The van der Waals surface area contributed by atoms with Crippen molar-refractivity contribution in [3.05, 3.63) is 23.8 Å². The Kier molecular flexibility index (Phi) is 10.4. The van der Waals surface area contributed by atoms with Crippen molar-refractivity contribution in [1.29, 1.82) is 0 Å². The normalized spacial score (nSPS) is 15.2. The average molecular weight is 504 g/mol. The number of para-hydroxylation sites is 1. The van der Waals surface area contributed by atoms with E-state index >= 15 is 0 Å². The smallest absolute Gasteiger partial charge is 0.225 e. The number of phenolic OH excluding ortho intramolecular Hbond substituents is 1. The third kappa shape index (κ3) is 6.72. The molecule has 0 saturated carbocycles. The molecule has 28 heavy (non-hydrogen) atoms. The highest BCUT2D eigenvalue weighted by Crippen LogP contribution is 2.29. The van der Waals surface area contributed by atoms with Gasteiger partial charge in [0.15, 0.2) is 17.5 Å². The second-order valence-corrected chi connectivity index (χ2v) is 7.06. The van der Waals surface area contributed by atoms with Crippen molar-refractivity contribution in [2.75, 3.05) is 26.7 Å². The van der Waals surface area contributed by atoms with Gasteiger partial charge in [-0.25, -0.2) is 4.99 Å². The summed E-state index contributed by atoms with van der Waals surface area (Å²) in [7, 11) is 1.53. The van der Waals surface area contributed by atoms with Crippen LogP contribution in [0.2, 0.25) is 0 Å². The van der Waals surface area contributed by atoms with Gasteiger partial charge in [-0.1, -0.05) is 26.0 Å². The number of nitrogens with zero attached hydrogens (tertiary/aromatic N) is 2. The molecular weight excluding hydrogens is 471 g/mol. The van der Waals surface area contributed by atoms with Gasteiger partial charge in [-0.2, -0.15) is 0 Å². The summed E-state index contributed by atoms with van der Waals surface area (Å²) in [6.07, 6.45) is 1.79. The fourth-order valence-electron chi connectivity index (χ4n) is 3.15. The van der Waals surface area contributed by atoms with Crippen LogP contribution in [0.5, 0.6) is 11.5 Å². The number of ether oxygens (including phenoxy) is 1. The van der Waals surface area contributed by atoms with Gasteiger partial charge in [0.2, 0.25) is 5.91 Å². The van der Waals surface area contributed by atoms with Crippen LogP contribution in [0.4, 0.5) is 0 Å². The Balaban J connectivity index is 0.00000392. The lowest BCUT2D eigenvalue weighted by atomic mass is 10.0. The van der Waals surface area contributed by atoms with Gasteiger partial charge in [0.05, 0.1) is 13.7 Å². The number of halogens is 1. The van der Waals surface area contributed by atoms with Gasteiger partial charge < -0.3 is 25.4 Å². The SMILES string of the molecule is CCNC(=NCc1cccc(OC)c1O)NC1CCN(C(=O)C(C)C)CC1.I. The van der Waals surface area contributed by atoms with E-state index < -0.39 is 0 Å². The Morgan fingerprint density at radius 3 is 2.61 bits per heavy atom. The number of rotatable bonds is 6. The van der Waals surface area contributed by atoms with Crippen LogP contribution in [-0.2, 0) is 11.3 Å². The van der Waals surface area contributed by atoms with Crippen LogP contribution < -0.4 is 15.4 Å². The topological polar surface area (TPSA) is 86.2 Å². The minimum Gasteiger partial charge on any atom is -0.504 e. The Hall–Kier alpha value is -1.71. The highest BCUT2D eigenvalue weighted by Gasteiger charge is 2.24. The van der Waals surface area contributed by atoms with Gasteiger partial charge in [0, 0.05) is 37.2 Å². The predicted molar refractivity (Wildman–Crippen MR) is 122 cm³/mol. The number of aliphatic imine (C=N–C) groups is 1. The molecule has 8 heteroatoms. The summed E-state index contributed by atoms with van der Waals surface area (Å²) in [4.78, 5) is 18.6. The minimum absolute atomic E-state index is 0. The van der Waals surface area contributed by atoms with Gasteiger partial charge in [-0.05, 0) is 25.8 Å². The maximum atomic E-state index is 12.1. The molecule has 0 spiro atoms. The van der Waals surface area contributed by atoms with Crippen LogP contribution >= 0.6 is 24.0 Å². The van der Waals surface area contributed by atoms with Crippen LogP contribution in [-0.4, -0.2) is 54.7 Å². The Morgan fingerprint density at radius 2 is 2.04 bits per heavy atom. The number of guanidine groups is 1. The zero-order chi connectivity index (χ0) is 19.8. The lowest BCUT2D eigenvalue weighted by molar-refractivity contribution is -0.135. The molecule has 0 atom stereocenters. The van der Waals surface area contributed by atoms with E-state index in [2.05, 4.69) is 15.6 Å². The third-order valence-corrected chi connectivity index (χ3v) is 4.70. The van der Waals surface area contributed by atoms with Gasteiger partial charge in [0.25, 0.3) is 0 Å². The van der Waals surface area contributed by atoms with Gasteiger partial charge in [0.1, 0.15) is 0 Å². The van der Waals surface area contributed by atoms with E-state index in [4.69, 9.17) is 4.74 Å². The van der Waals surface area contributed by atoms with Gasteiger partial charge >= 0.3 is 0 Å². The molecule has 1 fully saturated rings. The first-order chi connectivity index (χ1) is 13.0. The lowest BCUT2D eigenvalue weighted by Crippen LogP contribution is -2.50. The van der Waals surface area contributed by atoms with Crippen molar-refractivity contribution >= 4 is 35.8 Å². The molecule has 1 saturated heterocycles. The first kappa shape index (κ1) is 24.3. The molecule has 1 aromatic carbocycles. The monoisotopic (exact) mass is 504 g/mol. The second kappa shape index (κ2) is 12.0. The van der Waals surface area contributed by atoms with Crippen molar-refractivity contribution in [3.63, 3.8) is 0 Å². The Morgan fingerprint density at radius 1 is 1.36 bits per heavy atom. The van der Waals surface area contributed by atoms with E-state index in [1.54, 1.807) is 6.07 Å². The van der Waals surface area contributed by atoms with Gasteiger partial charge in [-0.15, -0.1) is 24.0 Å². The molecule has 0 radical (unpaired) electrons. The predicted octanol–water partition coefficient (Wildman–Crippen LogP) is 2.72. The van der Waals surface area contributed by atoms with E-state index in [1.807, 2.05) is 37.8 Å². The van der Waals surface area contributed by atoms with Crippen LogP contribution in [0.25, 0.3) is 0 Å². The van der Waals surface area contributed by atoms with Crippen molar-refractivity contribution < 1.29 is 14.6 Å². The summed E-state index contributed by atoms with van der Waals surface area (Å²) in [5.41, 5.74) is 0.712. The number of carbonyl (C=O) groups is 1. The summed E-state index contributed by atoms with van der Waals surface area (Å²) in [6.45, 7) is 8.54. The summed E-state index contributed by atoms with van der Waals surface area (Å²) in [5, 5.41) is 16.9. The number of aromatic hydroxyl groups is 1. The molecule has 1 heterocycles. The van der Waals surface area contributed by atoms with E-state index in [-0.39, 0.29) is 47.6 Å². The van der Waals surface area contributed by atoms with Crippen molar-refractivity contribution in [2.24, 2.45) is 10.9 Å². The Labute approximate surface area is 185 Å². The molecule has 1 aliphatic rings. The zero-order valence-corrected chi connectivity index (χ0v) is 19.5. The number of phenols is 1. The van der Waals surface area contributed by atoms with Crippen molar-refractivity contribution in [1.82, 2.24) is 15.5 Å². The van der Waals surface area contributed by atoms with Crippen LogP contribution in [0.1, 0.15) is 39.2 Å². The molecule has 0 aliphatic carbocycles. The molecular formula is C20H33IN4O3. The summed E-state index contributed by atoms with van der Waals surface area (Å²) >= 11 is 0. The number of hydrogen-bond donors (Lipinski definition) is 3. The maximum Gasteiger partial charge on any atom is 0.225 e. The van der Waals surface area contributed by atoms with E-state index in [1.165, 1.54) is 7.11 Å². The quantitative estimate of drug-likeness (QED) is 0.315. The summed E-state index contributed by atoms with van der Waals surface area (Å²) in [6, 6.07) is 5.67. The molecule has 1 amide bonds. The number of methoxy groups -OCH3 is 1. The molecule has 0 unspecified atom stereocenters. The van der Waals surface area contributed by atoms with E-state index in [0.717, 1.165) is 32.5 Å². The van der Waals surface area contributed by atoms with Gasteiger partial charge in [-0.3, -0.25) is 4.79 Å². The Bertz CT molecular complexity index is 659. The molecule has 1 aliphatic heterocycles. The summed E-state index contributed by atoms with van der Waals surface area (Å²) in [5.74, 6) is 1.56. The molecule has 158 valence electrons. The maximum absolute atomic E-state index is 12.1. The largest absolute Gasteiger partial charge is 0.504 e. The fourth-order valence-corrected chi connectivity index (χ4v) is 3.15. The lowest BCUT2D eigenvalue weighted by Gasteiger charge is -2.34. The number of carbonyl (C=O) groups excluding carboxylic acids is 1. The van der Waals surface area contributed by atoms with Crippen LogP contribution in [0, 0.1) is 5.92 Å². The molecule has 3 N–H and O–H groups in total. The molecule has 0 bridgehead atoms. The standard InChI is InChI=1S/C20H32N4O3.HI/c1-5-21-20(22-13-15-7-6-8-17(27-4)18(15)25)23-16-9-11-24(12-10-16)19(26)14(2)3;/h6-8,14,16,25H,5,9-13H2,1-4H3,(H2,21,22,23);1H. The highest BCUT2D eigenvalue weighted by atomic mass is 127. The van der Waals surface area contributed by atoms with Crippen LogP contribution in [0.15, 0.2) is 23.2 Å². The minimum atomic E-state index is 0. The summed E-state index contributed by atoms with van der Waals surface area (Å²) < 4.78 is 5.15. The number of hydrogen-bond acceptors (Lipinski definition) is 4. The first-order valence-corrected chi connectivity index (χ1v) is 9.64. The van der Waals surface area contributed by atoms with E-state index in [0.29, 0.717) is 23.8 Å². The zero-order valence-electron chi connectivity index (χ0n) is 17.2. The fraction of sp³-hybridized carbons (Fsp3) is 0.600. The first-order valence-electron chi connectivity index (χ1n) is 9.64. The number of amides is 1.